The number of nitrogens with zero attached hydrogens (tertiary/aromatic N) is 2. The Labute approximate surface area is 133 Å². The molecule has 1 amide bonds. The quantitative estimate of drug-likeness (QED) is 0.857. The highest BCUT2D eigenvalue weighted by Crippen LogP contribution is 2.48. The van der Waals surface area contributed by atoms with Crippen molar-refractivity contribution in [3.63, 3.8) is 0 Å². The summed E-state index contributed by atoms with van der Waals surface area (Å²) in [6.07, 6.45) is 3.42. The van der Waals surface area contributed by atoms with Crippen LogP contribution in [0.2, 0.25) is 0 Å². The van der Waals surface area contributed by atoms with Crippen molar-refractivity contribution in [2.24, 2.45) is 11.8 Å². The van der Waals surface area contributed by atoms with Crippen LogP contribution in [-0.4, -0.2) is 45.5 Å². The first-order valence-corrected chi connectivity index (χ1v) is 8.75. The maximum Gasteiger partial charge on any atom is 0.250 e. The number of rotatable bonds is 3. The maximum absolute atomic E-state index is 13.6. The van der Waals surface area contributed by atoms with Gasteiger partial charge in [0.1, 0.15) is 6.10 Å². The van der Waals surface area contributed by atoms with Crippen LogP contribution in [0, 0.1) is 17.7 Å². The van der Waals surface area contributed by atoms with Crippen LogP contribution in [0.3, 0.4) is 0 Å². The van der Waals surface area contributed by atoms with Gasteiger partial charge in [-0.2, -0.15) is 0 Å². The lowest BCUT2D eigenvalue weighted by Crippen LogP contribution is -2.61. The van der Waals surface area contributed by atoms with Gasteiger partial charge in [0.05, 0.1) is 4.75 Å². The number of thioether (sulfide) groups is 1. The van der Waals surface area contributed by atoms with Crippen molar-refractivity contribution in [3.05, 3.63) is 24.1 Å². The lowest BCUT2D eigenvalue weighted by molar-refractivity contribution is -0.138. The summed E-state index contributed by atoms with van der Waals surface area (Å²) in [7, 11) is 0. The van der Waals surface area contributed by atoms with Gasteiger partial charge in [-0.05, 0) is 24.5 Å². The molecule has 0 aromatic carbocycles. The highest BCUT2D eigenvalue weighted by Gasteiger charge is 2.54. The Hall–Kier alpha value is -1.30. The molecule has 2 saturated heterocycles. The first-order chi connectivity index (χ1) is 10.6. The van der Waals surface area contributed by atoms with Crippen molar-refractivity contribution < 1.29 is 13.9 Å². The summed E-state index contributed by atoms with van der Waals surface area (Å²) in [4.78, 5) is 18.1. The third-order valence-electron chi connectivity index (χ3n) is 4.87. The van der Waals surface area contributed by atoms with Gasteiger partial charge in [0.2, 0.25) is 5.91 Å². The van der Waals surface area contributed by atoms with Crippen LogP contribution >= 0.6 is 11.8 Å². The molecule has 0 radical (unpaired) electrons. The van der Waals surface area contributed by atoms with Gasteiger partial charge in [0.25, 0.3) is 5.88 Å². The van der Waals surface area contributed by atoms with Crippen LogP contribution in [0.15, 0.2) is 18.3 Å². The van der Waals surface area contributed by atoms with Crippen molar-refractivity contribution in [2.75, 3.05) is 18.8 Å². The Morgan fingerprint density at radius 1 is 1.55 bits per heavy atom. The van der Waals surface area contributed by atoms with Crippen molar-refractivity contribution in [1.29, 1.82) is 0 Å². The Morgan fingerprint density at radius 2 is 2.32 bits per heavy atom. The fourth-order valence-electron chi connectivity index (χ4n) is 3.42. The molecule has 4 nitrogen and oxygen atoms in total. The van der Waals surface area contributed by atoms with Crippen molar-refractivity contribution in [1.82, 2.24) is 9.88 Å². The number of hydrogen-bond acceptors (Lipinski definition) is 4. The molecule has 3 heterocycles. The number of ether oxygens (including phenoxy) is 1. The van der Waals surface area contributed by atoms with E-state index in [1.807, 2.05) is 16.7 Å². The van der Waals surface area contributed by atoms with Gasteiger partial charge in [-0.1, -0.05) is 6.92 Å². The molecular weight excluding hydrogens is 303 g/mol. The van der Waals surface area contributed by atoms with E-state index in [1.165, 1.54) is 12.3 Å². The number of hydrogen-bond donors (Lipinski definition) is 0. The summed E-state index contributed by atoms with van der Waals surface area (Å²) in [5.41, 5.74) is 0. The van der Waals surface area contributed by atoms with E-state index in [0.717, 1.165) is 31.7 Å². The minimum absolute atomic E-state index is 0.0218. The van der Waals surface area contributed by atoms with Crippen LogP contribution in [-0.2, 0) is 4.79 Å². The van der Waals surface area contributed by atoms with Crippen molar-refractivity contribution in [3.8, 4) is 5.88 Å². The first-order valence-electron chi connectivity index (χ1n) is 7.76. The van der Waals surface area contributed by atoms with E-state index in [9.17, 15) is 9.18 Å². The van der Waals surface area contributed by atoms with Crippen LogP contribution in [0.25, 0.3) is 0 Å². The van der Waals surface area contributed by atoms with Crippen LogP contribution in [0.5, 0.6) is 5.88 Å². The van der Waals surface area contributed by atoms with Crippen LogP contribution in [0.4, 0.5) is 4.39 Å². The number of halogens is 1. The summed E-state index contributed by atoms with van der Waals surface area (Å²) in [5, 5.41) is 0. The summed E-state index contributed by atoms with van der Waals surface area (Å²) in [6, 6.07) is 2.92. The van der Waals surface area contributed by atoms with E-state index in [-0.39, 0.29) is 22.6 Å². The highest BCUT2D eigenvalue weighted by molar-refractivity contribution is 8.01. The van der Waals surface area contributed by atoms with E-state index >= 15 is 0 Å². The lowest BCUT2D eigenvalue weighted by Gasteiger charge is -2.47. The molecule has 0 N–H and O–H groups in total. The minimum atomic E-state index is -0.415. The van der Waals surface area contributed by atoms with E-state index in [0.29, 0.717) is 11.8 Å². The van der Waals surface area contributed by atoms with Gasteiger partial charge < -0.3 is 9.64 Å². The molecule has 6 heteroatoms. The summed E-state index contributed by atoms with van der Waals surface area (Å²) in [6.45, 7) is 3.75. The zero-order chi connectivity index (χ0) is 15.3. The van der Waals surface area contributed by atoms with E-state index in [1.54, 1.807) is 6.07 Å². The number of carbonyl (C=O) groups is 1. The second-order valence-corrected chi connectivity index (χ2v) is 8.23. The van der Waals surface area contributed by atoms with Crippen molar-refractivity contribution >= 4 is 17.7 Å². The SMILES string of the molecule is CC1CC1C(=O)N1CC2(CC(Oc3ncccc3F)CS2)C1. The molecule has 2 aliphatic heterocycles. The molecule has 1 aromatic rings. The molecule has 1 aliphatic carbocycles. The zero-order valence-electron chi connectivity index (χ0n) is 12.5. The Bertz CT molecular complexity index is 606. The van der Waals surface area contributed by atoms with Gasteiger partial charge in [0.15, 0.2) is 5.82 Å². The van der Waals surface area contributed by atoms with Crippen LogP contribution < -0.4 is 4.74 Å². The second-order valence-electron chi connectivity index (χ2n) is 6.74. The number of carbonyl (C=O) groups excluding carboxylic acids is 1. The van der Waals surface area contributed by atoms with E-state index in [2.05, 4.69) is 11.9 Å². The molecule has 1 saturated carbocycles. The molecule has 1 aromatic heterocycles. The fourth-order valence-corrected chi connectivity index (χ4v) is 4.94. The summed E-state index contributed by atoms with van der Waals surface area (Å²) in [5.74, 6) is 1.64. The fraction of sp³-hybridized carbons (Fsp3) is 0.625. The molecule has 3 unspecified atom stereocenters. The molecule has 3 atom stereocenters. The molecule has 4 rings (SSSR count). The van der Waals surface area contributed by atoms with Gasteiger partial charge in [-0.25, -0.2) is 9.37 Å². The number of amides is 1. The van der Waals surface area contributed by atoms with Crippen molar-refractivity contribution in [2.45, 2.75) is 30.6 Å². The number of aromatic nitrogens is 1. The highest BCUT2D eigenvalue weighted by atomic mass is 32.2. The topological polar surface area (TPSA) is 42.4 Å². The second kappa shape index (κ2) is 5.11. The smallest absolute Gasteiger partial charge is 0.250 e. The molecular formula is C16H19FN2O2S. The largest absolute Gasteiger partial charge is 0.471 e. The summed E-state index contributed by atoms with van der Waals surface area (Å²) < 4.78 is 19.4. The Kier molecular flexibility index (Phi) is 3.33. The molecule has 3 fully saturated rings. The Balaban J connectivity index is 1.32. The van der Waals surface area contributed by atoms with E-state index < -0.39 is 5.82 Å². The molecule has 0 bridgehead atoms. The minimum Gasteiger partial charge on any atom is -0.471 e. The average Bonchev–Trinajstić information content (AvgIpc) is 3.04. The van der Waals surface area contributed by atoms with Gasteiger partial charge >= 0.3 is 0 Å². The number of pyridine rings is 1. The molecule has 22 heavy (non-hydrogen) atoms. The lowest BCUT2D eigenvalue weighted by atomic mass is 9.92. The van der Waals surface area contributed by atoms with E-state index in [4.69, 9.17) is 4.74 Å². The normalized spacial score (nSPS) is 31.9. The third kappa shape index (κ3) is 2.47. The standard InChI is InChI=1S/C16H19FN2O2S/c1-10-5-12(10)15(20)19-8-16(9-19)6-11(7-22-16)21-14-13(17)3-2-4-18-14/h2-4,10-12H,5-9H2,1H3. The number of likely N-dealkylation sites (tertiary alicyclic amines) is 1. The van der Waals surface area contributed by atoms with Gasteiger partial charge in [0, 0.05) is 37.4 Å². The predicted molar refractivity (Wildman–Crippen MR) is 82.3 cm³/mol. The summed E-state index contributed by atoms with van der Waals surface area (Å²) >= 11 is 1.85. The average molecular weight is 322 g/mol. The van der Waals surface area contributed by atoms with Gasteiger partial charge in [-0.3, -0.25) is 4.79 Å². The molecule has 118 valence electrons. The maximum atomic E-state index is 13.6. The monoisotopic (exact) mass is 322 g/mol. The third-order valence-corrected chi connectivity index (χ3v) is 6.45. The van der Waals surface area contributed by atoms with Crippen LogP contribution in [0.1, 0.15) is 19.8 Å². The molecule has 1 spiro atoms. The Morgan fingerprint density at radius 3 is 3.00 bits per heavy atom. The predicted octanol–water partition coefficient (Wildman–Crippen LogP) is 2.34. The molecule has 3 aliphatic rings. The van der Waals surface area contributed by atoms with Gasteiger partial charge in [-0.15, -0.1) is 11.8 Å². The first kappa shape index (κ1) is 14.3. The zero-order valence-corrected chi connectivity index (χ0v) is 13.3.